The van der Waals surface area contributed by atoms with E-state index in [1.54, 1.807) is 24.3 Å². The summed E-state index contributed by atoms with van der Waals surface area (Å²) in [4.78, 5) is 12.0. The number of carbonyl (C=O) groups is 1. The number of nitrogens with one attached hydrogen (secondary N) is 1. The number of amides is 1. The Labute approximate surface area is 116 Å². The Morgan fingerprint density at radius 1 is 1.40 bits per heavy atom. The van der Waals surface area contributed by atoms with E-state index in [9.17, 15) is 13.6 Å². The van der Waals surface area contributed by atoms with Gasteiger partial charge in [0.15, 0.2) is 0 Å². The SMILES string of the molecule is NC(=O)C(COCC(F)F)(NC1CC1)c1ccccc1. The molecule has 0 radical (unpaired) electrons. The largest absolute Gasteiger partial charge is 0.373 e. The van der Waals surface area contributed by atoms with Crippen LogP contribution in [0.25, 0.3) is 0 Å². The molecule has 1 aromatic rings. The summed E-state index contributed by atoms with van der Waals surface area (Å²) in [6, 6.07) is 9.02. The lowest BCUT2D eigenvalue weighted by atomic mass is 9.89. The third-order valence-corrected chi connectivity index (χ3v) is 3.28. The van der Waals surface area contributed by atoms with E-state index in [2.05, 4.69) is 5.32 Å². The fraction of sp³-hybridized carbons (Fsp3) is 0.500. The zero-order valence-corrected chi connectivity index (χ0v) is 11.0. The second kappa shape index (κ2) is 6.28. The van der Waals surface area contributed by atoms with Gasteiger partial charge in [-0.15, -0.1) is 0 Å². The van der Waals surface area contributed by atoms with Crippen LogP contribution in [0, 0.1) is 0 Å². The molecule has 4 nitrogen and oxygen atoms in total. The number of primary amides is 1. The van der Waals surface area contributed by atoms with Gasteiger partial charge in [-0.1, -0.05) is 30.3 Å². The van der Waals surface area contributed by atoms with E-state index < -0.39 is 24.5 Å². The third kappa shape index (κ3) is 3.52. The predicted octanol–water partition coefficient (Wildman–Crippen LogP) is 1.40. The number of rotatable bonds is 8. The van der Waals surface area contributed by atoms with Gasteiger partial charge in [0.2, 0.25) is 5.91 Å². The maximum Gasteiger partial charge on any atom is 0.261 e. The summed E-state index contributed by atoms with van der Waals surface area (Å²) in [7, 11) is 0. The summed E-state index contributed by atoms with van der Waals surface area (Å²) in [6.45, 7) is -0.915. The monoisotopic (exact) mass is 284 g/mol. The maximum atomic E-state index is 12.2. The van der Waals surface area contributed by atoms with Crippen LogP contribution >= 0.6 is 0 Å². The molecular weight excluding hydrogens is 266 g/mol. The normalized spacial score (nSPS) is 17.9. The van der Waals surface area contributed by atoms with Crippen molar-refractivity contribution in [2.75, 3.05) is 13.2 Å². The van der Waals surface area contributed by atoms with Gasteiger partial charge in [0.1, 0.15) is 12.1 Å². The molecule has 1 saturated carbocycles. The van der Waals surface area contributed by atoms with Crippen molar-refractivity contribution in [2.45, 2.75) is 30.8 Å². The molecular formula is C14H18F2N2O2. The number of ether oxygens (including phenoxy) is 1. The van der Waals surface area contributed by atoms with E-state index in [0.717, 1.165) is 12.8 Å². The molecule has 2 rings (SSSR count). The van der Waals surface area contributed by atoms with Gasteiger partial charge < -0.3 is 10.5 Å². The van der Waals surface area contributed by atoms with Gasteiger partial charge in [-0.2, -0.15) is 0 Å². The summed E-state index contributed by atoms with van der Waals surface area (Å²) in [5.74, 6) is -0.620. The van der Waals surface area contributed by atoms with Gasteiger partial charge in [-0.3, -0.25) is 10.1 Å². The third-order valence-electron chi connectivity index (χ3n) is 3.28. The fourth-order valence-electron chi connectivity index (χ4n) is 2.09. The molecule has 0 saturated heterocycles. The molecule has 1 atom stereocenters. The number of alkyl halides is 2. The standard InChI is InChI=1S/C14H18F2N2O2/c15-12(16)8-20-9-14(13(17)19,18-11-6-7-11)10-4-2-1-3-5-10/h1-5,11-12,18H,6-9H2,(H2,17,19). The molecule has 0 aliphatic heterocycles. The summed E-state index contributed by atoms with van der Waals surface area (Å²) in [5, 5.41) is 3.15. The van der Waals surface area contributed by atoms with E-state index >= 15 is 0 Å². The van der Waals surface area contributed by atoms with Crippen molar-refractivity contribution in [2.24, 2.45) is 5.73 Å². The molecule has 0 spiro atoms. The van der Waals surface area contributed by atoms with E-state index in [4.69, 9.17) is 10.5 Å². The lowest BCUT2D eigenvalue weighted by molar-refractivity contribution is -0.128. The molecule has 1 amide bonds. The molecule has 6 heteroatoms. The Kier molecular flexibility index (Phi) is 4.67. The van der Waals surface area contributed by atoms with Crippen LogP contribution in [0.1, 0.15) is 18.4 Å². The molecule has 1 unspecified atom stereocenters. The number of benzene rings is 1. The molecule has 1 aliphatic carbocycles. The zero-order valence-electron chi connectivity index (χ0n) is 11.0. The van der Waals surface area contributed by atoms with Gasteiger partial charge in [-0.25, -0.2) is 8.78 Å². The topological polar surface area (TPSA) is 64.4 Å². The minimum Gasteiger partial charge on any atom is -0.373 e. The van der Waals surface area contributed by atoms with Crippen LogP contribution in [0.15, 0.2) is 30.3 Å². The highest BCUT2D eigenvalue weighted by atomic mass is 19.3. The van der Waals surface area contributed by atoms with Crippen LogP contribution in [-0.4, -0.2) is 31.6 Å². The van der Waals surface area contributed by atoms with Crippen LogP contribution < -0.4 is 11.1 Å². The van der Waals surface area contributed by atoms with E-state index in [1.165, 1.54) is 0 Å². The van der Waals surface area contributed by atoms with E-state index in [1.807, 2.05) is 6.07 Å². The van der Waals surface area contributed by atoms with Crippen molar-refractivity contribution in [3.8, 4) is 0 Å². The number of nitrogens with two attached hydrogens (primary N) is 1. The van der Waals surface area contributed by atoms with Gasteiger partial charge in [0.05, 0.1) is 6.61 Å². The number of halogens is 2. The van der Waals surface area contributed by atoms with Crippen molar-refractivity contribution in [1.82, 2.24) is 5.32 Å². The van der Waals surface area contributed by atoms with Gasteiger partial charge in [-0.05, 0) is 18.4 Å². The molecule has 0 bridgehead atoms. The summed E-state index contributed by atoms with van der Waals surface area (Å²) < 4.78 is 29.4. The van der Waals surface area contributed by atoms with Crippen molar-refractivity contribution in [3.05, 3.63) is 35.9 Å². The highest BCUT2D eigenvalue weighted by Gasteiger charge is 2.43. The van der Waals surface area contributed by atoms with Crippen LogP contribution in [0.2, 0.25) is 0 Å². The van der Waals surface area contributed by atoms with Gasteiger partial charge in [0, 0.05) is 6.04 Å². The summed E-state index contributed by atoms with van der Waals surface area (Å²) >= 11 is 0. The Bertz CT molecular complexity index is 452. The quantitative estimate of drug-likeness (QED) is 0.758. The Balaban J connectivity index is 2.21. The van der Waals surface area contributed by atoms with Crippen molar-refractivity contribution in [1.29, 1.82) is 0 Å². The minimum absolute atomic E-state index is 0.179. The number of carbonyl (C=O) groups excluding carboxylic acids is 1. The first kappa shape index (κ1) is 14.9. The Hall–Kier alpha value is -1.53. The number of hydrogen-bond acceptors (Lipinski definition) is 3. The lowest BCUT2D eigenvalue weighted by Gasteiger charge is -2.32. The molecule has 1 aliphatic rings. The number of hydrogen-bond donors (Lipinski definition) is 2. The van der Waals surface area contributed by atoms with Gasteiger partial charge in [0.25, 0.3) is 6.43 Å². The maximum absolute atomic E-state index is 12.2. The summed E-state index contributed by atoms with van der Waals surface area (Å²) in [6.07, 6.45) is -0.690. The molecule has 0 aromatic heterocycles. The van der Waals surface area contributed by atoms with Crippen molar-refractivity contribution < 1.29 is 18.3 Å². The van der Waals surface area contributed by atoms with E-state index in [-0.39, 0.29) is 12.6 Å². The first-order valence-corrected chi connectivity index (χ1v) is 6.53. The van der Waals surface area contributed by atoms with Crippen LogP contribution in [0.5, 0.6) is 0 Å². The second-order valence-corrected chi connectivity index (χ2v) is 4.96. The van der Waals surface area contributed by atoms with E-state index in [0.29, 0.717) is 5.56 Å². The molecule has 20 heavy (non-hydrogen) atoms. The summed E-state index contributed by atoms with van der Waals surface area (Å²) in [5.41, 5.74) is 4.91. The first-order chi connectivity index (χ1) is 9.54. The zero-order chi connectivity index (χ0) is 14.6. The second-order valence-electron chi connectivity index (χ2n) is 4.96. The smallest absolute Gasteiger partial charge is 0.261 e. The highest BCUT2D eigenvalue weighted by Crippen LogP contribution is 2.29. The average molecular weight is 284 g/mol. The highest BCUT2D eigenvalue weighted by molar-refractivity contribution is 5.86. The average Bonchev–Trinajstić information content (AvgIpc) is 3.21. The van der Waals surface area contributed by atoms with Crippen molar-refractivity contribution in [3.63, 3.8) is 0 Å². The molecule has 0 heterocycles. The van der Waals surface area contributed by atoms with Crippen LogP contribution in [0.4, 0.5) is 8.78 Å². The fourth-order valence-corrected chi connectivity index (χ4v) is 2.09. The lowest BCUT2D eigenvalue weighted by Crippen LogP contribution is -2.56. The predicted molar refractivity (Wildman–Crippen MR) is 70.3 cm³/mol. The Morgan fingerprint density at radius 3 is 2.55 bits per heavy atom. The Morgan fingerprint density at radius 2 is 2.05 bits per heavy atom. The van der Waals surface area contributed by atoms with Gasteiger partial charge >= 0.3 is 0 Å². The first-order valence-electron chi connectivity index (χ1n) is 6.53. The van der Waals surface area contributed by atoms with Crippen molar-refractivity contribution >= 4 is 5.91 Å². The van der Waals surface area contributed by atoms with Crippen LogP contribution in [-0.2, 0) is 15.1 Å². The minimum atomic E-state index is -2.57. The van der Waals surface area contributed by atoms with Crippen LogP contribution in [0.3, 0.4) is 0 Å². The molecule has 1 aromatic carbocycles. The molecule has 110 valence electrons. The molecule has 1 fully saturated rings. The molecule has 3 N–H and O–H groups in total.